The number of hydrogen-bond donors (Lipinski definition) is 2. The lowest BCUT2D eigenvalue weighted by Gasteiger charge is -2.21. The third kappa shape index (κ3) is 5.29. The van der Waals surface area contributed by atoms with Crippen molar-refractivity contribution < 1.29 is 14.7 Å². The van der Waals surface area contributed by atoms with E-state index < -0.39 is 12.0 Å². The molecule has 1 heterocycles. The van der Waals surface area contributed by atoms with Crippen molar-refractivity contribution in [3.63, 3.8) is 0 Å². The van der Waals surface area contributed by atoms with Crippen LogP contribution in [-0.2, 0) is 16.0 Å². The Morgan fingerprint density at radius 2 is 2.28 bits per heavy atom. The summed E-state index contributed by atoms with van der Waals surface area (Å²) < 4.78 is 0. The number of nitrogens with zero attached hydrogens (tertiary/aromatic N) is 1. The molecule has 0 fully saturated rings. The molecule has 100 valence electrons. The van der Waals surface area contributed by atoms with Gasteiger partial charge >= 0.3 is 5.97 Å². The van der Waals surface area contributed by atoms with Crippen LogP contribution in [0.5, 0.6) is 0 Å². The first-order valence-corrected chi connectivity index (χ1v) is 6.58. The van der Waals surface area contributed by atoms with Gasteiger partial charge in [0, 0.05) is 24.9 Å². The number of carboxylic acid groups (broad SMARTS) is 1. The number of thiophene rings is 1. The minimum absolute atomic E-state index is 0.306. The Kier molecular flexibility index (Phi) is 5.80. The van der Waals surface area contributed by atoms with E-state index >= 15 is 0 Å². The van der Waals surface area contributed by atoms with Gasteiger partial charge in [-0.1, -0.05) is 6.07 Å². The van der Waals surface area contributed by atoms with Crippen LogP contribution in [0.25, 0.3) is 0 Å². The molecule has 18 heavy (non-hydrogen) atoms. The van der Waals surface area contributed by atoms with Crippen LogP contribution in [0.2, 0.25) is 0 Å². The Balaban J connectivity index is 2.38. The molecule has 0 radical (unpaired) electrons. The normalized spacial score (nSPS) is 12.4. The van der Waals surface area contributed by atoms with Crippen molar-refractivity contribution in [2.75, 3.05) is 20.1 Å². The van der Waals surface area contributed by atoms with Crippen LogP contribution in [0.3, 0.4) is 0 Å². The molecule has 1 aromatic heterocycles. The van der Waals surface area contributed by atoms with Crippen molar-refractivity contribution in [2.45, 2.75) is 19.4 Å². The molecular weight excluding hydrogens is 252 g/mol. The van der Waals surface area contributed by atoms with Crippen molar-refractivity contribution in [1.29, 1.82) is 0 Å². The number of rotatable bonds is 7. The van der Waals surface area contributed by atoms with Crippen LogP contribution in [0.15, 0.2) is 17.5 Å². The van der Waals surface area contributed by atoms with Crippen molar-refractivity contribution in [3.05, 3.63) is 22.4 Å². The minimum Gasteiger partial charge on any atom is -0.480 e. The van der Waals surface area contributed by atoms with E-state index in [2.05, 4.69) is 11.4 Å². The quantitative estimate of drug-likeness (QED) is 0.769. The van der Waals surface area contributed by atoms with E-state index in [9.17, 15) is 9.59 Å². The molecule has 6 heteroatoms. The molecule has 1 amide bonds. The van der Waals surface area contributed by atoms with Gasteiger partial charge in [-0.05, 0) is 24.9 Å². The molecule has 5 nitrogen and oxygen atoms in total. The minimum atomic E-state index is -1.01. The van der Waals surface area contributed by atoms with Crippen LogP contribution in [0.4, 0.5) is 0 Å². The third-order valence-electron chi connectivity index (χ3n) is 2.49. The van der Waals surface area contributed by atoms with Crippen LogP contribution < -0.4 is 5.32 Å². The Labute approximate surface area is 110 Å². The lowest BCUT2D eigenvalue weighted by Crippen LogP contribution is -2.47. The molecule has 0 aliphatic rings. The summed E-state index contributed by atoms with van der Waals surface area (Å²) in [6.45, 7) is 2.39. The van der Waals surface area contributed by atoms with Gasteiger partial charge in [0.1, 0.15) is 6.04 Å². The number of carbonyl (C=O) groups is 2. The molecule has 0 aliphatic heterocycles. The largest absolute Gasteiger partial charge is 0.480 e. The van der Waals surface area contributed by atoms with Gasteiger partial charge in [0.05, 0.1) is 0 Å². The Morgan fingerprint density at radius 1 is 1.56 bits per heavy atom. The zero-order chi connectivity index (χ0) is 13.5. The number of nitrogens with one attached hydrogen (secondary N) is 1. The summed E-state index contributed by atoms with van der Waals surface area (Å²) in [7, 11) is 1.85. The highest BCUT2D eigenvalue weighted by Gasteiger charge is 2.19. The zero-order valence-corrected chi connectivity index (χ0v) is 11.4. The second kappa shape index (κ2) is 7.13. The van der Waals surface area contributed by atoms with Crippen molar-refractivity contribution in [2.24, 2.45) is 0 Å². The van der Waals surface area contributed by atoms with Crippen LogP contribution >= 0.6 is 11.3 Å². The summed E-state index contributed by atoms with van der Waals surface area (Å²) in [4.78, 5) is 25.0. The number of carbonyl (C=O) groups excluding carboxylic acids is 1. The lowest BCUT2D eigenvalue weighted by atomic mass is 10.2. The maximum absolute atomic E-state index is 11.0. The first-order valence-electron chi connectivity index (χ1n) is 5.70. The predicted octanol–water partition coefficient (Wildman–Crippen LogP) is 0.812. The summed E-state index contributed by atoms with van der Waals surface area (Å²) in [5, 5.41) is 13.4. The summed E-state index contributed by atoms with van der Waals surface area (Å²) in [6.07, 6.45) is 0.889. The predicted molar refractivity (Wildman–Crippen MR) is 70.8 cm³/mol. The van der Waals surface area contributed by atoms with E-state index in [4.69, 9.17) is 5.11 Å². The van der Waals surface area contributed by atoms with Crippen LogP contribution in [-0.4, -0.2) is 48.1 Å². The fraction of sp³-hybridized carbons (Fsp3) is 0.500. The molecule has 0 saturated carbocycles. The molecule has 2 N–H and O–H groups in total. The molecule has 0 bridgehead atoms. The van der Waals surface area contributed by atoms with Gasteiger partial charge in [-0.25, -0.2) is 4.79 Å². The van der Waals surface area contributed by atoms with E-state index in [0.29, 0.717) is 6.54 Å². The van der Waals surface area contributed by atoms with E-state index in [-0.39, 0.29) is 5.91 Å². The fourth-order valence-corrected chi connectivity index (χ4v) is 2.29. The van der Waals surface area contributed by atoms with Gasteiger partial charge < -0.3 is 15.3 Å². The van der Waals surface area contributed by atoms with Gasteiger partial charge in [0.15, 0.2) is 0 Å². The van der Waals surface area contributed by atoms with Crippen LogP contribution in [0, 0.1) is 0 Å². The maximum atomic E-state index is 11.0. The standard InChI is InChI=1S/C12H18N2O3S/c1-9(15)13-11(12(16)17)8-14(2)6-5-10-4-3-7-18-10/h3-4,7,11H,5-6,8H2,1-2H3,(H,13,15)(H,16,17). The first kappa shape index (κ1) is 14.7. The van der Waals surface area contributed by atoms with Crippen molar-refractivity contribution in [1.82, 2.24) is 10.2 Å². The summed E-state index contributed by atoms with van der Waals surface area (Å²) in [5.41, 5.74) is 0. The monoisotopic (exact) mass is 270 g/mol. The van der Waals surface area contributed by atoms with Crippen molar-refractivity contribution >= 4 is 23.2 Å². The molecule has 1 aromatic rings. The third-order valence-corrected chi connectivity index (χ3v) is 3.43. The molecule has 0 spiro atoms. The Morgan fingerprint density at radius 3 is 2.78 bits per heavy atom. The molecule has 1 unspecified atom stereocenters. The average Bonchev–Trinajstić information content (AvgIpc) is 2.77. The highest BCUT2D eigenvalue weighted by molar-refractivity contribution is 7.09. The van der Waals surface area contributed by atoms with Crippen LogP contribution in [0.1, 0.15) is 11.8 Å². The second-order valence-corrected chi connectivity index (χ2v) is 5.22. The van der Waals surface area contributed by atoms with Gasteiger partial charge in [-0.2, -0.15) is 0 Å². The summed E-state index contributed by atoms with van der Waals surface area (Å²) >= 11 is 1.69. The Hall–Kier alpha value is -1.40. The van der Waals surface area contributed by atoms with E-state index in [0.717, 1.165) is 13.0 Å². The zero-order valence-electron chi connectivity index (χ0n) is 10.5. The van der Waals surface area contributed by atoms with E-state index in [1.165, 1.54) is 11.8 Å². The summed E-state index contributed by atoms with van der Waals surface area (Å²) in [5.74, 6) is -1.33. The molecule has 0 saturated heterocycles. The SMILES string of the molecule is CC(=O)NC(CN(C)CCc1cccs1)C(=O)O. The molecular formula is C12H18N2O3S. The van der Waals surface area contributed by atoms with E-state index in [1.807, 2.05) is 23.4 Å². The smallest absolute Gasteiger partial charge is 0.327 e. The highest BCUT2D eigenvalue weighted by atomic mass is 32.1. The number of likely N-dealkylation sites (N-methyl/N-ethyl adjacent to an activating group) is 1. The van der Waals surface area contributed by atoms with Crippen molar-refractivity contribution in [3.8, 4) is 0 Å². The molecule has 0 aliphatic carbocycles. The average molecular weight is 270 g/mol. The molecule has 1 atom stereocenters. The van der Waals surface area contributed by atoms with Gasteiger partial charge in [-0.15, -0.1) is 11.3 Å². The number of amides is 1. The summed E-state index contributed by atoms with van der Waals surface area (Å²) in [6, 6.07) is 3.20. The molecule has 1 rings (SSSR count). The lowest BCUT2D eigenvalue weighted by molar-refractivity contribution is -0.142. The first-order chi connectivity index (χ1) is 8.49. The number of hydrogen-bond acceptors (Lipinski definition) is 4. The fourth-order valence-electron chi connectivity index (χ4n) is 1.59. The van der Waals surface area contributed by atoms with Gasteiger partial charge in [0.2, 0.25) is 5.91 Å². The maximum Gasteiger partial charge on any atom is 0.327 e. The highest BCUT2D eigenvalue weighted by Crippen LogP contribution is 2.09. The number of carboxylic acids is 1. The Bertz CT molecular complexity index is 392. The second-order valence-electron chi connectivity index (χ2n) is 4.18. The molecule has 0 aromatic carbocycles. The van der Waals surface area contributed by atoms with Gasteiger partial charge in [0.25, 0.3) is 0 Å². The topological polar surface area (TPSA) is 69.6 Å². The van der Waals surface area contributed by atoms with E-state index in [1.54, 1.807) is 11.3 Å². The van der Waals surface area contributed by atoms with Gasteiger partial charge in [-0.3, -0.25) is 4.79 Å². The number of aliphatic carboxylic acids is 1.